The van der Waals surface area contributed by atoms with Gasteiger partial charge in [-0.25, -0.2) is 9.78 Å². The van der Waals surface area contributed by atoms with Crippen LogP contribution in [0.5, 0.6) is 5.75 Å². The second-order valence-corrected chi connectivity index (χ2v) is 7.28. The number of esters is 1. The van der Waals surface area contributed by atoms with Gasteiger partial charge in [0.05, 0.1) is 37.2 Å². The van der Waals surface area contributed by atoms with E-state index < -0.39 is 5.97 Å². The number of halogens is 1. The molecule has 146 valence electrons. The molecule has 0 atom stereocenters. The van der Waals surface area contributed by atoms with E-state index in [1.165, 1.54) is 7.11 Å². The number of aromatic nitrogens is 2. The molecule has 0 aliphatic heterocycles. The fraction of sp³-hybridized carbons (Fsp3) is 0.250. The summed E-state index contributed by atoms with van der Waals surface area (Å²) in [6.45, 7) is 1.02. The first-order valence-corrected chi connectivity index (χ1v) is 9.33. The number of nitrogens with one attached hydrogen (secondary N) is 1. The minimum absolute atomic E-state index is 0.246. The summed E-state index contributed by atoms with van der Waals surface area (Å²) in [5, 5.41) is 0.424. The molecule has 28 heavy (non-hydrogen) atoms. The average Bonchev–Trinajstić information content (AvgIpc) is 2.67. The van der Waals surface area contributed by atoms with Gasteiger partial charge in [0.25, 0.3) is 5.56 Å². The van der Waals surface area contributed by atoms with Crippen molar-refractivity contribution >= 4 is 32.8 Å². The molecular weight excluding hydrogens is 426 g/mol. The van der Waals surface area contributed by atoms with Crippen LogP contribution in [-0.2, 0) is 17.8 Å². The van der Waals surface area contributed by atoms with E-state index in [0.29, 0.717) is 35.4 Å². The van der Waals surface area contributed by atoms with E-state index in [4.69, 9.17) is 9.47 Å². The number of fused-ring (bicyclic) bond motifs is 1. The number of hydrogen-bond donors (Lipinski definition) is 1. The van der Waals surface area contributed by atoms with Crippen molar-refractivity contribution in [3.8, 4) is 5.75 Å². The van der Waals surface area contributed by atoms with Gasteiger partial charge < -0.3 is 14.5 Å². The van der Waals surface area contributed by atoms with Gasteiger partial charge in [0.15, 0.2) is 0 Å². The third-order valence-electron chi connectivity index (χ3n) is 4.28. The van der Waals surface area contributed by atoms with E-state index in [9.17, 15) is 9.59 Å². The molecule has 3 aromatic rings. The molecule has 0 amide bonds. The number of rotatable bonds is 6. The van der Waals surface area contributed by atoms with Crippen LogP contribution in [0.15, 0.2) is 45.7 Å². The fourth-order valence-electron chi connectivity index (χ4n) is 2.98. The molecule has 7 nitrogen and oxygen atoms in total. The van der Waals surface area contributed by atoms with Crippen molar-refractivity contribution in [3.05, 3.63) is 68.2 Å². The first kappa shape index (κ1) is 20.0. The molecule has 0 fully saturated rings. The van der Waals surface area contributed by atoms with Crippen LogP contribution >= 0.6 is 15.9 Å². The number of ether oxygens (including phenoxy) is 2. The first-order valence-electron chi connectivity index (χ1n) is 8.53. The summed E-state index contributed by atoms with van der Waals surface area (Å²) in [5.41, 5.74) is 1.57. The first-order chi connectivity index (χ1) is 13.4. The van der Waals surface area contributed by atoms with Crippen molar-refractivity contribution in [2.45, 2.75) is 13.1 Å². The molecule has 1 aromatic heterocycles. The van der Waals surface area contributed by atoms with Gasteiger partial charge in [0.2, 0.25) is 0 Å². The van der Waals surface area contributed by atoms with Gasteiger partial charge in [-0.1, -0.05) is 15.9 Å². The fourth-order valence-corrected chi connectivity index (χ4v) is 3.39. The van der Waals surface area contributed by atoms with Crippen LogP contribution in [-0.4, -0.2) is 42.1 Å². The van der Waals surface area contributed by atoms with Crippen LogP contribution in [0.1, 0.15) is 21.7 Å². The van der Waals surface area contributed by atoms with Crippen molar-refractivity contribution in [3.63, 3.8) is 0 Å². The Kier molecular flexibility index (Phi) is 6.11. The normalized spacial score (nSPS) is 11.0. The van der Waals surface area contributed by atoms with Crippen molar-refractivity contribution in [1.29, 1.82) is 0 Å². The number of benzene rings is 2. The molecule has 0 bridgehead atoms. The summed E-state index contributed by atoms with van der Waals surface area (Å²) in [4.78, 5) is 33.4. The summed E-state index contributed by atoms with van der Waals surface area (Å²) in [6, 6.07) is 10.5. The lowest BCUT2D eigenvalue weighted by atomic mass is 10.1. The molecular formula is C20H20BrN3O4. The summed E-state index contributed by atoms with van der Waals surface area (Å²) >= 11 is 3.47. The Labute approximate surface area is 170 Å². The Bertz CT molecular complexity index is 1080. The maximum atomic E-state index is 12.4. The summed E-state index contributed by atoms with van der Waals surface area (Å²) < 4.78 is 11.1. The summed E-state index contributed by atoms with van der Waals surface area (Å²) in [6.07, 6.45) is 0. The molecule has 1 N–H and O–H groups in total. The number of nitrogens with zero attached hydrogens (tertiary/aromatic N) is 2. The molecule has 2 aromatic carbocycles. The quantitative estimate of drug-likeness (QED) is 0.586. The van der Waals surface area contributed by atoms with E-state index >= 15 is 0 Å². The highest BCUT2D eigenvalue weighted by Gasteiger charge is 2.12. The zero-order chi connectivity index (χ0) is 20.3. The van der Waals surface area contributed by atoms with E-state index in [1.54, 1.807) is 25.3 Å². The van der Waals surface area contributed by atoms with Crippen LogP contribution in [0.25, 0.3) is 10.9 Å². The number of H-pyrrole nitrogens is 1. The molecule has 3 rings (SSSR count). The third-order valence-corrected chi connectivity index (χ3v) is 4.77. The molecule has 8 heteroatoms. The molecule has 0 aliphatic carbocycles. The van der Waals surface area contributed by atoms with Crippen LogP contribution < -0.4 is 10.3 Å². The lowest BCUT2D eigenvalue weighted by Gasteiger charge is -2.18. The molecule has 0 saturated heterocycles. The van der Waals surface area contributed by atoms with E-state index in [0.717, 1.165) is 15.8 Å². The van der Waals surface area contributed by atoms with Crippen LogP contribution in [0.2, 0.25) is 0 Å². The Morgan fingerprint density at radius 2 is 1.96 bits per heavy atom. The van der Waals surface area contributed by atoms with Crippen molar-refractivity contribution < 1.29 is 14.3 Å². The molecule has 0 radical (unpaired) electrons. The Morgan fingerprint density at radius 1 is 1.18 bits per heavy atom. The lowest BCUT2D eigenvalue weighted by molar-refractivity contribution is 0.0601. The van der Waals surface area contributed by atoms with Gasteiger partial charge in [-0.05, 0) is 43.4 Å². The highest BCUT2D eigenvalue weighted by atomic mass is 79.9. The van der Waals surface area contributed by atoms with Gasteiger partial charge in [0.1, 0.15) is 11.6 Å². The van der Waals surface area contributed by atoms with Gasteiger partial charge in [-0.3, -0.25) is 9.69 Å². The predicted molar refractivity (Wildman–Crippen MR) is 110 cm³/mol. The average molecular weight is 446 g/mol. The number of carbonyl (C=O) groups is 1. The van der Waals surface area contributed by atoms with Gasteiger partial charge >= 0.3 is 5.97 Å². The highest BCUT2D eigenvalue weighted by Crippen LogP contribution is 2.24. The second kappa shape index (κ2) is 8.53. The monoisotopic (exact) mass is 445 g/mol. The summed E-state index contributed by atoms with van der Waals surface area (Å²) in [5.74, 6) is 0.832. The number of hydrogen-bond acceptors (Lipinski definition) is 6. The predicted octanol–water partition coefficient (Wildman–Crippen LogP) is 3.11. The maximum absolute atomic E-state index is 12.4. The van der Waals surface area contributed by atoms with Crippen LogP contribution in [0.4, 0.5) is 0 Å². The Balaban J connectivity index is 1.86. The molecule has 1 heterocycles. The van der Waals surface area contributed by atoms with Gasteiger partial charge in [-0.2, -0.15) is 0 Å². The molecule has 0 unspecified atom stereocenters. The van der Waals surface area contributed by atoms with Gasteiger partial charge in [0, 0.05) is 16.6 Å². The summed E-state index contributed by atoms with van der Waals surface area (Å²) in [7, 11) is 4.87. The molecule has 0 aliphatic rings. The minimum atomic E-state index is -0.468. The second-order valence-electron chi connectivity index (χ2n) is 6.36. The molecule has 0 spiro atoms. The van der Waals surface area contributed by atoms with Crippen molar-refractivity contribution in [1.82, 2.24) is 14.9 Å². The third kappa shape index (κ3) is 4.40. The standard InChI is InChI=1S/C20H20BrN3O4/c1-24(10-13-8-14(21)5-7-17(13)27-2)11-18-22-16-9-12(20(26)28-3)4-6-15(16)19(25)23-18/h4-9H,10-11H2,1-3H3,(H,22,23,25). The van der Waals surface area contributed by atoms with E-state index in [2.05, 4.69) is 25.9 Å². The van der Waals surface area contributed by atoms with Gasteiger partial charge in [-0.15, -0.1) is 0 Å². The van der Waals surface area contributed by atoms with Crippen molar-refractivity contribution in [2.24, 2.45) is 0 Å². The highest BCUT2D eigenvalue weighted by molar-refractivity contribution is 9.10. The SMILES string of the molecule is COC(=O)c1ccc2c(=O)[nH]c(CN(C)Cc3cc(Br)ccc3OC)nc2c1. The number of carbonyl (C=O) groups excluding carboxylic acids is 1. The zero-order valence-corrected chi connectivity index (χ0v) is 17.4. The van der Waals surface area contributed by atoms with E-state index in [-0.39, 0.29) is 5.56 Å². The largest absolute Gasteiger partial charge is 0.496 e. The van der Waals surface area contributed by atoms with Crippen LogP contribution in [0, 0.1) is 0 Å². The minimum Gasteiger partial charge on any atom is -0.496 e. The van der Waals surface area contributed by atoms with Crippen LogP contribution in [0.3, 0.4) is 0 Å². The number of aromatic amines is 1. The topological polar surface area (TPSA) is 84.5 Å². The van der Waals surface area contributed by atoms with Crippen molar-refractivity contribution in [2.75, 3.05) is 21.3 Å². The lowest BCUT2D eigenvalue weighted by Crippen LogP contribution is -2.22. The zero-order valence-electron chi connectivity index (χ0n) is 15.8. The smallest absolute Gasteiger partial charge is 0.337 e. The Morgan fingerprint density at radius 3 is 2.68 bits per heavy atom. The Hall–Kier alpha value is -2.71. The number of methoxy groups -OCH3 is 2. The van der Waals surface area contributed by atoms with E-state index in [1.807, 2.05) is 30.1 Å². The molecule has 0 saturated carbocycles. The maximum Gasteiger partial charge on any atom is 0.337 e.